The Morgan fingerprint density at radius 1 is 0.929 bits per heavy atom. The fraction of sp³-hybridized carbons (Fsp3) is 0.500. The maximum atomic E-state index is 13.7. The zero-order valence-electron chi connectivity index (χ0n) is 8.95. The average Bonchev–Trinajstić information content (AvgIpc) is 2.17. The van der Waals surface area contributed by atoms with Crippen LogP contribution in [0.15, 0.2) is 6.07 Å². The molecular formula is C12H16F2. The number of rotatable bonds is 3. The second-order valence-corrected chi connectivity index (χ2v) is 3.35. The molecule has 14 heavy (non-hydrogen) atoms. The third-order valence-electron chi connectivity index (χ3n) is 2.59. The minimum Gasteiger partial charge on any atom is -0.207 e. The summed E-state index contributed by atoms with van der Waals surface area (Å²) < 4.78 is 27.1. The van der Waals surface area contributed by atoms with Crippen LogP contribution in [0.1, 0.15) is 37.5 Å². The van der Waals surface area contributed by atoms with E-state index < -0.39 is 5.82 Å². The van der Waals surface area contributed by atoms with Gasteiger partial charge in [-0.3, -0.25) is 0 Å². The van der Waals surface area contributed by atoms with Crippen LogP contribution in [-0.2, 0) is 19.3 Å². The van der Waals surface area contributed by atoms with Crippen LogP contribution in [0, 0.1) is 11.6 Å². The van der Waals surface area contributed by atoms with Crippen LogP contribution in [0.5, 0.6) is 0 Å². The topological polar surface area (TPSA) is 0 Å². The fourth-order valence-corrected chi connectivity index (χ4v) is 1.78. The summed E-state index contributed by atoms with van der Waals surface area (Å²) in [6, 6.07) is 1.47. The highest BCUT2D eigenvalue weighted by molar-refractivity contribution is 5.35. The summed E-state index contributed by atoms with van der Waals surface area (Å²) in [5.41, 5.74) is 1.68. The van der Waals surface area contributed by atoms with E-state index in [0.717, 1.165) is 5.56 Å². The van der Waals surface area contributed by atoms with E-state index in [1.807, 2.05) is 13.8 Å². The van der Waals surface area contributed by atoms with Crippen LogP contribution in [0.25, 0.3) is 0 Å². The summed E-state index contributed by atoms with van der Waals surface area (Å²) in [5.74, 6) is -0.745. The van der Waals surface area contributed by atoms with Crippen molar-refractivity contribution in [3.05, 3.63) is 34.4 Å². The molecule has 1 aromatic carbocycles. The highest BCUT2D eigenvalue weighted by Crippen LogP contribution is 2.22. The molecule has 0 heterocycles. The minimum atomic E-state index is -0.404. The third-order valence-corrected chi connectivity index (χ3v) is 2.59. The highest BCUT2D eigenvalue weighted by Gasteiger charge is 2.14. The largest absolute Gasteiger partial charge is 0.207 e. The Morgan fingerprint density at radius 2 is 1.50 bits per heavy atom. The van der Waals surface area contributed by atoms with E-state index in [2.05, 4.69) is 0 Å². The summed E-state index contributed by atoms with van der Waals surface area (Å²) in [5, 5.41) is 0. The molecule has 1 aromatic rings. The van der Waals surface area contributed by atoms with Crippen LogP contribution >= 0.6 is 0 Å². The molecule has 0 amide bonds. The van der Waals surface area contributed by atoms with Crippen molar-refractivity contribution in [2.24, 2.45) is 0 Å². The van der Waals surface area contributed by atoms with Gasteiger partial charge in [0.1, 0.15) is 11.6 Å². The van der Waals surface area contributed by atoms with Crippen molar-refractivity contribution in [3.63, 3.8) is 0 Å². The average molecular weight is 198 g/mol. The van der Waals surface area contributed by atoms with Gasteiger partial charge < -0.3 is 0 Å². The van der Waals surface area contributed by atoms with E-state index in [1.165, 1.54) is 6.07 Å². The monoisotopic (exact) mass is 198 g/mol. The predicted molar refractivity (Wildman–Crippen MR) is 54.5 cm³/mol. The molecule has 0 nitrogen and oxygen atoms in total. The van der Waals surface area contributed by atoms with Crippen LogP contribution in [0.4, 0.5) is 8.78 Å². The molecule has 0 aliphatic heterocycles. The van der Waals surface area contributed by atoms with Crippen LogP contribution in [0.2, 0.25) is 0 Å². The van der Waals surface area contributed by atoms with Crippen molar-refractivity contribution in [2.75, 3.05) is 0 Å². The smallest absolute Gasteiger partial charge is 0.132 e. The van der Waals surface area contributed by atoms with E-state index in [0.29, 0.717) is 24.8 Å². The Morgan fingerprint density at radius 3 is 1.93 bits per heavy atom. The van der Waals surface area contributed by atoms with Gasteiger partial charge in [0.25, 0.3) is 0 Å². The minimum absolute atomic E-state index is 0.221. The van der Waals surface area contributed by atoms with E-state index >= 15 is 0 Å². The Kier molecular flexibility index (Phi) is 3.62. The zero-order valence-corrected chi connectivity index (χ0v) is 8.95. The molecule has 0 N–H and O–H groups in total. The van der Waals surface area contributed by atoms with Crippen molar-refractivity contribution in [1.29, 1.82) is 0 Å². The molecule has 0 radical (unpaired) electrons. The predicted octanol–water partition coefficient (Wildman–Crippen LogP) is 3.65. The highest BCUT2D eigenvalue weighted by atomic mass is 19.1. The molecule has 1 rings (SSSR count). The van der Waals surface area contributed by atoms with E-state index in [4.69, 9.17) is 0 Å². The van der Waals surface area contributed by atoms with Crippen molar-refractivity contribution >= 4 is 0 Å². The van der Waals surface area contributed by atoms with E-state index in [9.17, 15) is 8.78 Å². The fourth-order valence-electron chi connectivity index (χ4n) is 1.78. The van der Waals surface area contributed by atoms with Gasteiger partial charge >= 0.3 is 0 Å². The third kappa shape index (κ3) is 1.79. The van der Waals surface area contributed by atoms with Crippen molar-refractivity contribution < 1.29 is 8.78 Å². The second kappa shape index (κ2) is 4.54. The van der Waals surface area contributed by atoms with Crippen molar-refractivity contribution in [2.45, 2.75) is 40.0 Å². The lowest BCUT2D eigenvalue weighted by atomic mass is 9.97. The number of hydrogen-bond acceptors (Lipinski definition) is 0. The molecular weight excluding hydrogens is 182 g/mol. The molecule has 0 aliphatic rings. The Balaban J connectivity index is 3.39. The molecule has 2 heteroatoms. The van der Waals surface area contributed by atoms with Gasteiger partial charge in [-0.2, -0.15) is 0 Å². The van der Waals surface area contributed by atoms with Gasteiger partial charge in [0.05, 0.1) is 0 Å². The number of halogens is 2. The van der Waals surface area contributed by atoms with Crippen LogP contribution in [-0.4, -0.2) is 0 Å². The lowest BCUT2D eigenvalue weighted by molar-refractivity contribution is 0.546. The molecule has 0 aliphatic carbocycles. The molecule has 78 valence electrons. The first-order valence-electron chi connectivity index (χ1n) is 5.14. The van der Waals surface area contributed by atoms with Crippen LogP contribution in [0.3, 0.4) is 0 Å². The van der Waals surface area contributed by atoms with Gasteiger partial charge in [0, 0.05) is 5.56 Å². The lowest BCUT2D eigenvalue weighted by Crippen LogP contribution is -2.03. The summed E-state index contributed by atoms with van der Waals surface area (Å²) >= 11 is 0. The summed E-state index contributed by atoms with van der Waals surface area (Å²) in [7, 11) is 0. The molecule has 0 saturated heterocycles. The Hall–Kier alpha value is -0.920. The Labute approximate surface area is 84.0 Å². The first-order chi connectivity index (χ1) is 6.65. The van der Waals surface area contributed by atoms with E-state index in [1.54, 1.807) is 6.92 Å². The van der Waals surface area contributed by atoms with Gasteiger partial charge in [-0.15, -0.1) is 0 Å². The number of benzene rings is 1. The molecule has 0 atom stereocenters. The van der Waals surface area contributed by atoms with Crippen molar-refractivity contribution in [3.8, 4) is 0 Å². The van der Waals surface area contributed by atoms with Gasteiger partial charge in [-0.25, -0.2) is 8.78 Å². The van der Waals surface area contributed by atoms with Crippen LogP contribution < -0.4 is 0 Å². The lowest BCUT2D eigenvalue weighted by Gasteiger charge is -2.11. The summed E-state index contributed by atoms with van der Waals surface area (Å²) in [6.07, 6.45) is 1.72. The maximum absolute atomic E-state index is 13.7. The van der Waals surface area contributed by atoms with Crippen molar-refractivity contribution in [1.82, 2.24) is 0 Å². The first-order valence-corrected chi connectivity index (χ1v) is 5.14. The van der Waals surface area contributed by atoms with Gasteiger partial charge in [-0.1, -0.05) is 20.8 Å². The molecule has 0 spiro atoms. The number of hydrogen-bond donors (Lipinski definition) is 0. The van der Waals surface area contributed by atoms with Gasteiger partial charge in [0.15, 0.2) is 0 Å². The first kappa shape index (κ1) is 11.2. The number of aryl methyl sites for hydroxylation is 1. The molecule has 0 bridgehead atoms. The molecule has 0 fully saturated rings. The SMILES string of the molecule is CCc1cc(F)c(CC)c(F)c1CC. The summed E-state index contributed by atoms with van der Waals surface area (Å²) in [6.45, 7) is 5.58. The standard InChI is InChI=1S/C12H16F2/c1-4-8-7-11(13)10(6-3)12(14)9(8)5-2/h7H,4-6H2,1-3H3. The zero-order chi connectivity index (χ0) is 10.7. The van der Waals surface area contributed by atoms with Gasteiger partial charge in [-0.05, 0) is 36.5 Å². The van der Waals surface area contributed by atoms with E-state index in [-0.39, 0.29) is 11.4 Å². The summed E-state index contributed by atoms with van der Waals surface area (Å²) in [4.78, 5) is 0. The normalized spacial score (nSPS) is 10.6. The maximum Gasteiger partial charge on any atom is 0.132 e. The van der Waals surface area contributed by atoms with Gasteiger partial charge in [0.2, 0.25) is 0 Å². The quantitative estimate of drug-likeness (QED) is 0.695. The second-order valence-electron chi connectivity index (χ2n) is 3.35. The molecule has 0 saturated carbocycles. The molecule has 0 aromatic heterocycles. The Bertz CT molecular complexity index is 330. The molecule has 0 unspecified atom stereocenters.